The number of H-pyrrole nitrogens is 1. The molecule has 0 atom stereocenters. The average molecular weight is 283 g/mol. The number of rotatable bonds is 2. The molecule has 0 aliphatic carbocycles. The van der Waals surface area contributed by atoms with Crippen LogP contribution in [-0.4, -0.2) is 9.97 Å². The first-order chi connectivity index (χ1) is 8.51. The summed E-state index contributed by atoms with van der Waals surface area (Å²) < 4.78 is 0. The topological polar surface area (TPSA) is 45.8 Å². The molecule has 0 amide bonds. The number of nitrogens with zero attached hydrogens (tertiary/aromatic N) is 1. The van der Waals surface area contributed by atoms with Crippen molar-refractivity contribution in [3.05, 3.63) is 49.9 Å². The highest BCUT2D eigenvalue weighted by molar-refractivity contribution is 6.35. The Labute approximate surface area is 115 Å². The molecule has 2 aromatic rings. The maximum Gasteiger partial charge on any atom is 0.254 e. The Hall–Kier alpha value is -1.32. The van der Waals surface area contributed by atoms with E-state index in [-0.39, 0.29) is 5.56 Å². The molecule has 0 spiro atoms. The minimum Gasteiger partial charge on any atom is -0.306 e. The van der Waals surface area contributed by atoms with Crippen molar-refractivity contribution in [2.45, 2.75) is 20.3 Å². The predicted molar refractivity (Wildman–Crippen MR) is 74.4 cm³/mol. The summed E-state index contributed by atoms with van der Waals surface area (Å²) in [5, 5.41) is 1.03. The van der Waals surface area contributed by atoms with Crippen LogP contribution >= 0.6 is 23.2 Å². The van der Waals surface area contributed by atoms with E-state index in [1.165, 1.54) is 0 Å². The number of benzene rings is 1. The summed E-state index contributed by atoms with van der Waals surface area (Å²) in [6.45, 7) is 3.73. The second kappa shape index (κ2) is 5.12. The number of aromatic amines is 1. The zero-order valence-electron chi connectivity index (χ0n) is 10.1. The van der Waals surface area contributed by atoms with E-state index in [1.54, 1.807) is 25.1 Å². The van der Waals surface area contributed by atoms with E-state index in [0.717, 1.165) is 5.69 Å². The summed E-state index contributed by atoms with van der Waals surface area (Å²) in [7, 11) is 0. The van der Waals surface area contributed by atoms with E-state index < -0.39 is 0 Å². The molecule has 0 fully saturated rings. The van der Waals surface area contributed by atoms with Gasteiger partial charge in [-0.25, -0.2) is 4.98 Å². The third-order valence-corrected chi connectivity index (χ3v) is 3.16. The number of hydrogen-bond acceptors (Lipinski definition) is 2. The fourth-order valence-electron chi connectivity index (χ4n) is 1.75. The first-order valence-electron chi connectivity index (χ1n) is 5.57. The Kier molecular flexibility index (Phi) is 3.73. The van der Waals surface area contributed by atoms with Gasteiger partial charge in [0.2, 0.25) is 0 Å². The summed E-state index contributed by atoms with van der Waals surface area (Å²) >= 11 is 11.9. The Balaban J connectivity index is 2.64. The minimum absolute atomic E-state index is 0.132. The van der Waals surface area contributed by atoms with Gasteiger partial charge in [0.05, 0.1) is 5.69 Å². The summed E-state index contributed by atoms with van der Waals surface area (Å²) in [6.07, 6.45) is 0.705. The van der Waals surface area contributed by atoms with E-state index in [9.17, 15) is 4.79 Å². The molecule has 1 N–H and O–H groups in total. The van der Waals surface area contributed by atoms with E-state index in [4.69, 9.17) is 23.2 Å². The van der Waals surface area contributed by atoms with Gasteiger partial charge >= 0.3 is 0 Å². The molecule has 0 saturated heterocycles. The molecule has 1 heterocycles. The highest BCUT2D eigenvalue weighted by Crippen LogP contribution is 2.24. The number of halogens is 2. The molecule has 1 aromatic carbocycles. The van der Waals surface area contributed by atoms with Crippen LogP contribution in [-0.2, 0) is 6.42 Å². The van der Waals surface area contributed by atoms with Gasteiger partial charge in [-0.05, 0) is 31.5 Å². The Morgan fingerprint density at radius 2 is 1.83 bits per heavy atom. The molecule has 5 heteroatoms. The summed E-state index contributed by atoms with van der Waals surface area (Å²) in [5.74, 6) is 0.492. The lowest BCUT2D eigenvalue weighted by molar-refractivity contribution is 0.955. The van der Waals surface area contributed by atoms with Crippen molar-refractivity contribution in [1.29, 1.82) is 0 Å². The minimum atomic E-state index is -0.132. The Morgan fingerprint density at radius 3 is 2.39 bits per heavy atom. The molecule has 0 bridgehead atoms. The molecule has 18 heavy (non-hydrogen) atoms. The molecular formula is C13H12Cl2N2O. The van der Waals surface area contributed by atoms with Crippen LogP contribution in [0.25, 0.3) is 11.4 Å². The molecule has 0 radical (unpaired) electrons. The third kappa shape index (κ3) is 2.57. The summed E-state index contributed by atoms with van der Waals surface area (Å²) in [5.41, 5.74) is 2.01. The van der Waals surface area contributed by atoms with Crippen molar-refractivity contribution in [3.8, 4) is 11.4 Å². The zero-order valence-corrected chi connectivity index (χ0v) is 11.6. The molecule has 0 aliphatic heterocycles. The van der Waals surface area contributed by atoms with Crippen LogP contribution in [0.15, 0.2) is 23.0 Å². The molecule has 0 unspecified atom stereocenters. The molecule has 3 nitrogen and oxygen atoms in total. The van der Waals surface area contributed by atoms with Crippen molar-refractivity contribution in [2.75, 3.05) is 0 Å². The third-order valence-electron chi connectivity index (χ3n) is 2.72. The van der Waals surface area contributed by atoms with Crippen LogP contribution in [0.5, 0.6) is 0 Å². The van der Waals surface area contributed by atoms with Crippen molar-refractivity contribution < 1.29 is 0 Å². The maximum absolute atomic E-state index is 11.8. The van der Waals surface area contributed by atoms with Crippen molar-refractivity contribution >= 4 is 23.2 Å². The van der Waals surface area contributed by atoms with E-state index >= 15 is 0 Å². The van der Waals surface area contributed by atoms with Crippen LogP contribution < -0.4 is 5.56 Å². The number of aromatic nitrogens is 2. The fourth-order valence-corrected chi connectivity index (χ4v) is 2.28. The quantitative estimate of drug-likeness (QED) is 0.915. The van der Waals surface area contributed by atoms with E-state index in [1.807, 2.05) is 6.92 Å². The van der Waals surface area contributed by atoms with Gasteiger partial charge in [0.1, 0.15) is 5.82 Å². The van der Waals surface area contributed by atoms with Gasteiger partial charge in [-0.15, -0.1) is 0 Å². The smallest absolute Gasteiger partial charge is 0.254 e. The average Bonchev–Trinajstić information content (AvgIpc) is 2.31. The second-order valence-electron chi connectivity index (χ2n) is 4.00. The number of aryl methyl sites for hydroxylation is 1. The van der Waals surface area contributed by atoms with Crippen LogP contribution in [0.2, 0.25) is 10.0 Å². The highest BCUT2D eigenvalue weighted by Gasteiger charge is 2.09. The van der Waals surface area contributed by atoms with Crippen LogP contribution in [0.1, 0.15) is 18.2 Å². The van der Waals surface area contributed by atoms with Gasteiger partial charge in [0.25, 0.3) is 5.56 Å². The Morgan fingerprint density at radius 1 is 1.22 bits per heavy atom. The lowest BCUT2D eigenvalue weighted by atomic mass is 10.1. The van der Waals surface area contributed by atoms with Gasteiger partial charge in [-0.2, -0.15) is 0 Å². The van der Waals surface area contributed by atoms with Gasteiger partial charge in [-0.3, -0.25) is 4.79 Å². The summed E-state index contributed by atoms with van der Waals surface area (Å²) in [6, 6.07) is 5.08. The van der Waals surface area contributed by atoms with Gasteiger partial charge in [-0.1, -0.05) is 30.1 Å². The van der Waals surface area contributed by atoms with Crippen molar-refractivity contribution in [1.82, 2.24) is 9.97 Å². The van der Waals surface area contributed by atoms with Crippen LogP contribution in [0.3, 0.4) is 0 Å². The first-order valence-corrected chi connectivity index (χ1v) is 6.33. The second-order valence-corrected chi connectivity index (χ2v) is 4.87. The molecule has 0 aliphatic rings. The highest BCUT2D eigenvalue weighted by atomic mass is 35.5. The van der Waals surface area contributed by atoms with Crippen molar-refractivity contribution in [3.63, 3.8) is 0 Å². The van der Waals surface area contributed by atoms with Gasteiger partial charge < -0.3 is 4.98 Å². The van der Waals surface area contributed by atoms with E-state index in [0.29, 0.717) is 33.4 Å². The SMILES string of the molecule is CCc1nc(-c2cc(Cl)cc(Cl)c2)[nH]c(=O)c1C. The molecular weight excluding hydrogens is 271 g/mol. The largest absolute Gasteiger partial charge is 0.306 e. The maximum atomic E-state index is 11.8. The predicted octanol–water partition coefficient (Wildman–Crippen LogP) is 3.61. The molecule has 94 valence electrons. The summed E-state index contributed by atoms with van der Waals surface area (Å²) in [4.78, 5) is 19.0. The molecule has 0 saturated carbocycles. The normalized spacial score (nSPS) is 10.7. The number of nitrogens with one attached hydrogen (secondary N) is 1. The lowest BCUT2D eigenvalue weighted by Crippen LogP contribution is -2.15. The molecule has 2 rings (SSSR count). The van der Waals surface area contributed by atoms with Crippen molar-refractivity contribution in [2.24, 2.45) is 0 Å². The monoisotopic (exact) mass is 282 g/mol. The molecule has 1 aromatic heterocycles. The first kappa shape index (κ1) is 13.1. The van der Waals surface area contributed by atoms with Gasteiger partial charge in [0.15, 0.2) is 0 Å². The van der Waals surface area contributed by atoms with Crippen LogP contribution in [0, 0.1) is 6.92 Å². The van der Waals surface area contributed by atoms with Crippen LogP contribution in [0.4, 0.5) is 0 Å². The standard InChI is InChI=1S/C13H12Cl2N2O/c1-3-11-7(2)13(18)17-12(16-11)8-4-9(14)6-10(15)5-8/h4-6H,3H2,1-2H3,(H,16,17,18). The van der Waals surface area contributed by atoms with Gasteiger partial charge in [0, 0.05) is 21.2 Å². The lowest BCUT2D eigenvalue weighted by Gasteiger charge is -2.06. The number of hydrogen-bond donors (Lipinski definition) is 1. The van der Waals surface area contributed by atoms with E-state index in [2.05, 4.69) is 9.97 Å². The zero-order chi connectivity index (χ0) is 13.3. The fraction of sp³-hybridized carbons (Fsp3) is 0.231. The Bertz CT molecular complexity index is 630.